The van der Waals surface area contributed by atoms with Crippen LogP contribution in [-0.2, 0) is 11.3 Å². The summed E-state index contributed by atoms with van der Waals surface area (Å²) in [6.07, 6.45) is -0.569. The standard InChI is InChI=1S/C22H21ClN6O3/c1-26-19-17(20(30)27(2)22(26)31)28(12-13-4-8-15(23)9-5-13)21-25-24-18(29(19)21)14-6-10-16(32-3)11-7-14/h4-11,17,19H,12H2,1-3H3. The van der Waals surface area contributed by atoms with Gasteiger partial charge in [-0.25, -0.2) is 4.79 Å². The molecule has 0 saturated carbocycles. The first-order valence-corrected chi connectivity index (χ1v) is 10.4. The topological polar surface area (TPSA) is 83.8 Å². The van der Waals surface area contributed by atoms with E-state index < -0.39 is 12.2 Å². The molecule has 32 heavy (non-hydrogen) atoms. The predicted octanol–water partition coefficient (Wildman–Crippen LogP) is 3.02. The molecule has 2 atom stereocenters. The van der Waals surface area contributed by atoms with Gasteiger partial charge in [0, 0.05) is 31.2 Å². The molecule has 3 aromatic rings. The van der Waals surface area contributed by atoms with E-state index in [0.717, 1.165) is 21.8 Å². The van der Waals surface area contributed by atoms with E-state index in [-0.39, 0.29) is 11.9 Å². The lowest BCUT2D eigenvalue weighted by molar-refractivity contribution is -0.133. The number of carbonyl (C=O) groups is 2. The van der Waals surface area contributed by atoms with Crippen LogP contribution in [0.2, 0.25) is 5.02 Å². The summed E-state index contributed by atoms with van der Waals surface area (Å²) < 4.78 is 7.12. The lowest BCUT2D eigenvalue weighted by Gasteiger charge is -2.40. The number of fused-ring (bicyclic) bond motifs is 3. The first-order chi connectivity index (χ1) is 15.4. The summed E-state index contributed by atoms with van der Waals surface area (Å²) in [6.45, 7) is 0.417. The van der Waals surface area contributed by atoms with Gasteiger partial charge in [0.25, 0.3) is 5.91 Å². The van der Waals surface area contributed by atoms with Gasteiger partial charge in [0.1, 0.15) is 11.9 Å². The maximum atomic E-state index is 13.3. The molecule has 5 rings (SSSR count). The van der Waals surface area contributed by atoms with Gasteiger partial charge in [-0.15, -0.1) is 10.2 Å². The Hall–Kier alpha value is -3.59. The maximum Gasteiger partial charge on any atom is 0.327 e. The van der Waals surface area contributed by atoms with Crippen LogP contribution in [0.5, 0.6) is 5.75 Å². The number of hydrogen-bond donors (Lipinski definition) is 0. The third-order valence-electron chi connectivity index (χ3n) is 6.00. The Kier molecular flexibility index (Phi) is 4.78. The molecule has 164 valence electrons. The molecule has 3 amide bonds. The van der Waals surface area contributed by atoms with Crippen LogP contribution in [-0.4, -0.2) is 63.7 Å². The lowest BCUT2D eigenvalue weighted by atomic mass is 10.1. The summed E-state index contributed by atoms with van der Waals surface area (Å²) in [5.74, 6) is 1.55. The van der Waals surface area contributed by atoms with Crippen LogP contribution in [0.3, 0.4) is 0 Å². The molecule has 2 aliphatic heterocycles. The molecule has 1 saturated heterocycles. The number of nitrogens with zero attached hydrogens (tertiary/aromatic N) is 6. The largest absolute Gasteiger partial charge is 0.497 e. The van der Waals surface area contributed by atoms with Crippen molar-refractivity contribution in [1.82, 2.24) is 24.6 Å². The smallest absolute Gasteiger partial charge is 0.327 e. The minimum Gasteiger partial charge on any atom is -0.497 e. The molecule has 10 heteroatoms. The number of rotatable bonds is 4. The van der Waals surface area contributed by atoms with Gasteiger partial charge in [0.15, 0.2) is 11.9 Å². The summed E-state index contributed by atoms with van der Waals surface area (Å²) in [5.41, 5.74) is 1.77. The molecule has 0 radical (unpaired) electrons. The van der Waals surface area contributed by atoms with E-state index in [4.69, 9.17) is 16.3 Å². The Morgan fingerprint density at radius 3 is 2.34 bits per heavy atom. The molecule has 1 fully saturated rings. The quantitative estimate of drug-likeness (QED) is 0.605. The highest BCUT2D eigenvalue weighted by Gasteiger charge is 2.54. The van der Waals surface area contributed by atoms with Gasteiger partial charge in [0.05, 0.1) is 7.11 Å². The number of methoxy groups -OCH3 is 1. The van der Waals surface area contributed by atoms with Crippen LogP contribution in [0.1, 0.15) is 11.7 Å². The molecule has 2 aliphatic rings. The van der Waals surface area contributed by atoms with Crippen LogP contribution in [0.4, 0.5) is 10.7 Å². The van der Waals surface area contributed by atoms with Crippen molar-refractivity contribution < 1.29 is 14.3 Å². The SMILES string of the molecule is COc1ccc(-c2nnc3n2C2C(C(=O)N(C)C(=O)N2C)N3Cc2ccc(Cl)cc2)cc1. The zero-order valence-corrected chi connectivity index (χ0v) is 18.5. The van der Waals surface area contributed by atoms with E-state index in [0.29, 0.717) is 23.3 Å². The number of urea groups is 1. The molecule has 9 nitrogen and oxygen atoms in total. The fourth-order valence-corrected chi connectivity index (χ4v) is 4.46. The fraction of sp³-hybridized carbons (Fsp3) is 0.273. The van der Waals surface area contributed by atoms with E-state index in [2.05, 4.69) is 10.2 Å². The van der Waals surface area contributed by atoms with E-state index >= 15 is 0 Å². The predicted molar refractivity (Wildman–Crippen MR) is 118 cm³/mol. The number of anilines is 1. The molecule has 0 aliphatic carbocycles. The number of carbonyl (C=O) groups excluding carboxylic acids is 2. The van der Waals surface area contributed by atoms with E-state index in [1.807, 2.05) is 58.0 Å². The highest BCUT2D eigenvalue weighted by molar-refractivity contribution is 6.30. The van der Waals surface area contributed by atoms with Crippen molar-refractivity contribution in [2.24, 2.45) is 0 Å². The molecular weight excluding hydrogens is 432 g/mol. The first kappa shape index (κ1) is 20.3. The Labute approximate surface area is 189 Å². The van der Waals surface area contributed by atoms with Crippen LogP contribution in [0.15, 0.2) is 48.5 Å². The van der Waals surface area contributed by atoms with Gasteiger partial charge in [-0.05, 0) is 42.0 Å². The second-order valence-corrected chi connectivity index (χ2v) is 8.26. The molecule has 0 bridgehead atoms. The normalized spacial score (nSPS) is 19.9. The number of ether oxygens (including phenoxy) is 1. The molecule has 1 aromatic heterocycles. The number of amides is 3. The third kappa shape index (κ3) is 3.00. The van der Waals surface area contributed by atoms with E-state index in [9.17, 15) is 9.59 Å². The number of halogens is 1. The summed E-state index contributed by atoms with van der Waals surface area (Å²) in [4.78, 5) is 30.6. The molecule has 0 N–H and O–H groups in total. The van der Waals surface area contributed by atoms with E-state index in [1.165, 1.54) is 7.05 Å². The van der Waals surface area contributed by atoms with Gasteiger partial charge >= 0.3 is 6.03 Å². The lowest BCUT2D eigenvalue weighted by Crippen LogP contribution is -2.61. The first-order valence-electron chi connectivity index (χ1n) is 10.1. The van der Waals surface area contributed by atoms with Crippen LogP contribution >= 0.6 is 11.6 Å². The van der Waals surface area contributed by atoms with Crippen molar-refractivity contribution in [3.8, 4) is 17.1 Å². The number of aromatic nitrogens is 3. The Morgan fingerprint density at radius 1 is 1.00 bits per heavy atom. The average molecular weight is 453 g/mol. The highest BCUT2D eigenvalue weighted by Crippen LogP contribution is 2.43. The number of likely N-dealkylation sites (N-methyl/N-ethyl adjacent to an activating group) is 2. The Bertz CT molecular complexity index is 1190. The summed E-state index contributed by atoms with van der Waals surface area (Å²) >= 11 is 6.04. The number of hydrogen-bond acceptors (Lipinski definition) is 6. The summed E-state index contributed by atoms with van der Waals surface area (Å²) in [6, 6.07) is 13.9. The fourth-order valence-electron chi connectivity index (χ4n) is 4.33. The summed E-state index contributed by atoms with van der Waals surface area (Å²) in [5, 5.41) is 9.47. The van der Waals surface area contributed by atoms with Gasteiger partial charge in [-0.3, -0.25) is 14.3 Å². The van der Waals surface area contributed by atoms with Crippen LogP contribution in [0, 0.1) is 0 Å². The second kappa shape index (κ2) is 7.52. The highest BCUT2D eigenvalue weighted by atomic mass is 35.5. The van der Waals surface area contributed by atoms with Crippen molar-refractivity contribution in [2.75, 3.05) is 26.1 Å². The van der Waals surface area contributed by atoms with Crippen molar-refractivity contribution in [3.05, 3.63) is 59.1 Å². The summed E-state index contributed by atoms with van der Waals surface area (Å²) in [7, 11) is 4.80. The van der Waals surface area contributed by atoms with Gasteiger partial charge in [0.2, 0.25) is 5.95 Å². The zero-order chi connectivity index (χ0) is 22.6. The van der Waals surface area contributed by atoms with Crippen molar-refractivity contribution in [2.45, 2.75) is 18.8 Å². The molecule has 2 unspecified atom stereocenters. The number of imide groups is 1. The van der Waals surface area contributed by atoms with Crippen molar-refractivity contribution in [3.63, 3.8) is 0 Å². The second-order valence-electron chi connectivity index (χ2n) is 7.83. The van der Waals surface area contributed by atoms with Gasteiger partial charge < -0.3 is 14.5 Å². The van der Waals surface area contributed by atoms with Crippen molar-refractivity contribution >= 4 is 29.5 Å². The zero-order valence-electron chi connectivity index (χ0n) is 17.8. The molecule has 2 aromatic carbocycles. The van der Waals surface area contributed by atoms with Gasteiger partial charge in [-0.2, -0.15) is 0 Å². The van der Waals surface area contributed by atoms with Crippen molar-refractivity contribution in [1.29, 1.82) is 0 Å². The Balaban J connectivity index is 1.63. The van der Waals surface area contributed by atoms with Gasteiger partial charge in [-0.1, -0.05) is 23.7 Å². The monoisotopic (exact) mass is 452 g/mol. The van der Waals surface area contributed by atoms with Crippen LogP contribution in [0.25, 0.3) is 11.4 Å². The van der Waals surface area contributed by atoms with E-state index in [1.54, 1.807) is 19.1 Å². The maximum absolute atomic E-state index is 13.3. The average Bonchev–Trinajstić information content (AvgIpc) is 3.37. The number of benzene rings is 2. The Morgan fingerprint density at radius 2 is 1.69 bits per heavy atom. The minimum atomic E-state index is -0.624. The molecular formula is C22H21ClN6O3. The minimum absolute atomic E-state index is 0.279. The molecule has 3 heterocycles. The van der Waals surface area contributed by atoms with Crippen LogP contribution < -0.4 is 9.64 Å². The molecule has 0 spiro atoms. The third-order valence-corrected chi connectivity index (χ3v) is 6.25.